The molecule has 29 heavy (non-hydrogen) atoms. The van der Waals surface area contributed by atoms with Gasteiger partial charge in [0, 0.05) is 78.3 Å². The fourth-order valence-corrected chi connectivity index (χ4v) is 4.78. The average Bonchev–Trinajstić information content (AvgIpc) is 3.08. The molecule has 1 N–H and O–H groups in total. The number of likely N-dealkylation sites (N-methyl/N-ethyl adjacent to an activating group) is 1. The fraction of sp³-hybridized carbons (Fsp3) is 0.900. The van der Waals surface area contributed by atoms with Crippen LogP contribution >= 0.6 is 0 Å². The molecule has 1 spiro atoms. The number of carbonyl (C=O) groups excluding carboxylic acids is 2. The molecule has 4 aliphatic heterocycles. The molecule has 4 fully saturated rings. The lowest BCUT2D eigenvalue weighted by Crippen LogP contribution is -2.54. The summed E-state index contributed by atoms with van der Waals surface area (Å²) in [6, 6.07) is 0. The number of ether oxygens (including phenoxy) is 2. The number of amides is 2. The SMILES string of the molecule is CCN1CCN(CCN2CC3(CCN(C(=O)[C@H]4CNCCO4)CC3)OC2=O)CC1. The molecule has 0 unspecified atom stereocenters. The maximum absolute atomic E-state index is 12.6. The highest BCUT2D eigenvalue weighted by Crippen LogP contribution is 2.33. The molecule has 4 rings (SSSR count). The molecule has 0 aromatic rings. The van der Waals surface area contributed by atoms with E-state index in [1.807, 2.05) is 9.80 Å². The highest BCUT2D eigenvalue weighted by atomic mass is 16.6. The molecule has 0 bridgehead atoms. The van der Waals surface area contributed by atoms with Crippen molar-refractivity contribution in [1.82, 2.24) is 24.9 Å². The van der Waals surface area contributed by atoms with Crippen molar-refractivity contribution in [3.05, 3.63) is 0 Å². The van der Waals surface area contributed by atoms with Gasteiger partial charge in [0.25, 0.3) is 5.91 Å². The Labute approximate surface area is 173 Å². The number of likely N-dealkylation sites (tertiary alicyclic amines) is 1. The average molecular weight is 410 g/mol. The molecule has 1 atom stereocenters. The van der Waals surface area contributed by atoms with Crippen LogP contribution in [0.4, 0.5) is 4.79 Å². The van der Waals surface area contributed by atoms with Crippen LogP contribution in [-0.2, 0) is 14.3 Å². The van der Waals surface area contributed by atoms with Crippen LogP contribution in [0.15, 0.2) is 0 Å². The maximum atomic E-state index is 12.6. The van der Waals surface area contributed by atoms with Crippen molar-refractivity contribution >= 4 is 12.0 Å². The third-order valence-corrected chi connectivity index (χ3v) is 6.83. The normalized spacial score (nSPS) is 28.7. The lowest BCUT2D eigenvalue weighted by atomic mass is 9.91. The van der Waals surface area contributed by atoms with Crippen LogP contribution in [0, 0.1) is 0 Å². The Kier molecular flexibility index (Phi) is 6.58. The van der Waals surface area contributed by atoms with Crippen LogP contribution in [0.3, 0.4) is 0 Å². The number of nitrogens with one attached hydrogen (secondary N) is 1. The van der Waals surface area contributed by atoms with Gasteiger partial charge >= 0.3 is 6.09 Å². The van der Waals surface area contributed by atoms with Gasteiger partial charge in [-0.15, -0.1) is 0 Å². The number of carbonyl (C=O) groups is 2. The van der Waals surface area contributed by atoms with E-state index in [0.29, 0.717) is 45.6 Å². The largest absolute Gasteiger partial charge is 0.441 e. The molecular formula is C20H35N5O4. The molecular weight excluding hydrogens is 374 g/mol. The zero-order valence-electron chi connectivity index (χ0n) is 17.6. The first-order valence-electron chi connectivity index (χ1n) is 11.1. The predicted molar refractivity (Wildman–Crippen MR) is 108 cm³/mol. The Morgan fingerprint density at radius 1 is 1.10 bits per heavy atom. The lowest BCUT2D eigenvalue weighted by Gasteiger charge is -2.39. The minimum Gasteiger partial charge on any atom is -0.441 e. The number of piperidine rings is 1. The Hall–Kier alpha value is -1.42. The Balaban J connectivity index is 1.22. The Morgan fingerprint density at radius 2 is 1.83 bits per heavy atom. The number of nitrogens with zero attached hydrogens (tertiary/aromatic N) is 4. The highest BCUT2D eigenvalue weighted by molar-refractivity contribution is 5.81. The summed E-state index contributed by atoms with van der Waals surface area (Å²) in [6.45, 7) is 13.1. The minimum atomic E-state index is -0.430. The molecule has 0 aromatic carbocycles. The van der Waals surface area contributed by atoms with E-state index in [1.54, 1.807) is 0 Å². The van der Waals surface area contributed by atoms with E-state index >= 15 is 0 Å². The van der Waals surface area contributed by atoms with Crippen LogP contribution in [0.25, 0.3) is 0 Å². The van der Waals surface area contributed by atoms with Crippen LogP contribution in [-0.4, -0.2) is 128 Å². The molecule has 0 radical (unpaired) electrons. The topological polar surface area (TPSA) is 77.6 Å². The summed E-state index contributed by atoms with van der Waals surface area (Å²) in [5.41, 5.74) is -0.430. The number of morpholine rings is 1. The highest BCUT2D eigenvalue weighted by Gasteiger charge is 2.47. The molecule has 0 aliphatic carbocycles. The third-order valence-electron chi connectivity index (χ3n) is 6.83. The van der Waals surface area contributed by atoms with Gasteiger partial charge in [0.05, 0.1) is 13.2 Å². The number of hydrogen-bond donors (Lipinski definition) is 1. The van der Waals surface area contributed by atoms with Gasteiger partial charge in [0.2, 0.25) is 0 Å². The molecule has 0 saturated carbocycles. The van der Waals surface area contributed by atoms with Gasteiger partial charge in [-0.3, -0.25) is 9.69 Å². The second kappa shape index (κ2) is 9.16. The summed E-state index contributed by atoms with van der Waals surface area (Å²) in [4.78, 5) is 33.7. The van der Waals surface area contributed by atoms with Crippen molar-refractivity contribution in [3.63, 3.8) is 0 Å². The maximum Gasteiger partial charge on any atom is 0.410 e. The molecule has 4 saturated heterocycles. The first kappa shape index (κ1) is 20.8. The molecule has 9 heteroatoms. The minimum absolute atomic E-state index is 0.0550. The summed E-state index contributed by atoms with van der Waals surface area (Å²) in [7, 11) is 0. The van der Waals surface area contributed by atoms with Gasteiger partial charge in [-0.05, 0) is 6.54 Å². The smallest absolute Gasteiger partial charge is 0.410 e. The standard InChI is InChI=1S/C20H35N5O4/c1-2-22-8-10-23(11-9-22)12-13-25-16-20(29-19(25)27)3-6-24(7-4-20)18(26)17-15-21-5-14-28-17/h17,21H,2-16H2,1H3/t17-/m1/s1. The quantitative estimate of drug-likeness (QED) is 0.651. The van der Waals surface area contributed by atoms with E-state index in [4.69, 9.17) is 9.47 Å². The molecule has 4 aliphatic rings. The predicted octanol–water partition coefficient (Wildman–Crippen LogP) is -0.574. The van der Waals surface area contributed by atoms with E-state index in [-0.39, 0.29) is 18.1 Å². The van der Waals surface area contributed by atoms with Crippen molar-refractivity contribution in [3.8, 4) is 0 Å². The van der Waals surface area contributed by atoms with E-state index in [2.05, 4.69) is 22.0 Å². The number of hydrogen-bond acceptors (Lipinski definition) is 7. The van der Waals surface area contributed by atoms with Gasteiger partial charge < -0.3 is 29.5 Å². The summed E-state index contributed by atoms with van der Waals surface area (Å²) in [5, 5.41) is 3.21. The first-order chi connectivity index (χ1) is 14.1. The fourth-order valence-electron chi connectivity index (χ4n) is 4.78. The zero-order chi connectivity index (χ0) is 20.3. The van der Waals surface area contributed by atoms with Crippen molar-refractivity contribution in [2.45, 2.75) is 31.5 Å². The second-order valence-corrected chi connectivity index (χ2v) is 8.64. The van der Waals surface area contributed by atoms with E-state index in [9.17, 15) is 9.59 Å². The Morgan fingerprint density at radius 3 is 2.48 bits per heavy atom. The molecule has 164 valence electrons. The molecule has 2 amide bonds. The lowest BCUT2D eigenvalue weighted by molar-refractivity contribution is -0.148. The molecule has 9 nitrogen and oxygen atoms in total. The molecule has 0 aromatic heterocycles. The van der Waals surface area contributed by atoms with Gasteiger partial charge in [-0.2, -0.15) is 0 Å². The van der Waals surface area contributed by atoms with Gasteiger partial charge in [0.1, 0.15) is 11.7 Å². The van der Waals surface area contributed by atoms with Crippen LogP contribution < -0.4 is 5.32 Å². The van der Waals surface area contributed by atoms with Crippen molar-refractivity contribution in [2.75, 3.05) is 85.1 Å². The van der Waals surface area contributed by atoms with Crippen molar-refractivity contribution in [2.24, 2.45) is 0 Å². The van der Waals surface area contributed by atoms with Gasteiger partial charge in [0.15, 0.2) is 0 Å². The van der Waals surface area contributed by atoms with E-state index < -0.39 is 5.60 Å². The Bertz CT molecular complexity index is 581. The second-order valence-electron chi connectivity index (χ2n) is 8.64. The van der Waals surface area contributed by atoms with Crippen LogP contribution in [0.2, 0.25) is 0 Å². The summed E-state index contributed by atoms with van der Waals surface area (Å²) in [6.07, 6.45) is 0.831. The van der Waals surface area contributed by atoms with Crippen molar-refractivity contribution < 1.29 is 19.1 Å². The van der Waals surface area contributed by atoms with E-state index in [1.165, 1.54) is 0 Å². The summed E-state index contributed by atoms with van der Waals surface area (Å²) in [5.74, 6) is 0.0550. The van der Waals surface area contributed by atoms with Crippen LogP contribution in [0.5, 0.6) is 0 Å². The third kappa shape index (κ3) is 4.84. The van der Waals surface area contributed by atoms with Crippen LogP contribution in [0.1, 0.15) is 19.8 Å². The van der Waals surface area contributed by atoms with Gasteiger partial charge in [-0.1, -0.05) is 6.92 Å². The number of piperazine rings is 1. The summed E-state index contributed by atoms with van der Waals surface area (Å²) < 4.78 is 11.4. The molecule has 4 heterocycles. The van der Waals surface area contributed by atoms with Gasteiger partial charge in [-0.25, -0.2) is 4.79 Å². The monoisotopic (exact) mass is 409 g/mol. The van der Waals surface area contributed by atoms with E-state index in [0.717, 1.165) is 52.4 Å². The number of rotatable bonds is 5. The van der Waals surface area contributed by atoms with Crippen molar-refractivity contribution in [1.29, 1.82) is 0 Å². The zero-order valence-corrected chi connectivity index (χ0v) is 17.6. The first-order valence-corrected chi connectivity index (χ1v) is 11.1. The summed E-state index contributed by atoms with van der Waals surface area (Å²) >= 11 is 0.